The maximum Gasteiger partial charge on any atom is 3.00 e. The molecule has 0 unspecified atom stereocenters. The van der Waals surface area contributed by atoms with Gasteiger partial charge in [0.05, 0.1) is 0 Å². The third-order valence-corrected chi connectivity index (χ3v) is 15.0. The topological polar surface area (TPSA) is 71.4 Å². The van der Waals surface area contributed by atoms with Crippen molar-refractivity contribution in [2.45, 2.75) is 0 Å². The van der Waals surface area contributed by atoms with Crippen LogP contribution in [0.5, 0.6) is 0 Å². The number of hydrogen-bond acceptors (Lipinski definition) is 0. The van der Waals surface area contributed by atoms with E-state index in [0.717, 1.165) is 18.5 Å². The van der Waals surface area contributed by atoms with E-state index >= 15 is 0 Å². The zero-order valence-corrected chi connectivity index (χ0v) is 32.2. The Labute approximate surface area is 310 Å². The van der Waals surface area contributed by atoms with Gasteiger partial charge in [-0.25, -0.2) is 0 Å². The van der Waals surface area contributed by atoms with Crippen molar-refractivity contribution in [3.63, 3.8) is 0 Å². The van der Waals surface area contributed by atoms with Crippen LogP contribution >= 0.6 is 23.8 Å². The molecule has 6 aromatic rings. The molecule has 0 saturated heterocycles. The SMILES string of the molecule is [NH-]CCP(c1ccccc1)c1ccccc1.[NH-]CCP(c1ccccc1)c1ccccc1.[NH-]CCP(c1ccccc1)c1ccccc1.[Ru+3]. The van der Waals surface area contributed by atoms with Crippen LogP contribution < -0.4 is 31.8 Å². The van der Waals surface area contributed by atoms with E-state index in [2.05, 4.69) is 146 Å². The van der Waals surface area contributed by atoms with Crippen LogP contribution in [0.1, 0.15) is 0 Å². The van der Waals surface area contributed by atoms with Crippen LogP contribution in [0.15, 0.2) is 182 Å². The van der Waals surface area contributed by atoms with Gasteiger partial charge >= 0.3 is 19.5 Å². The summed E-state index contributed by atoms with van der Waals surface area (Å²) in [5, 5.41) is 8.23. The van der Waals surface area contributed by atoms with Crippen molar-refractivity contribution in [2.24, 2.45) is 0 Å². The molecule has 6 aromatic carbocycles. The van der Waals surface area contributed by atoms with Crippen LogP contribution in [-0.2, 0) is 19.5 Å². The van der Waals surface area contributed by atoms with Crippen LogP contribution in [0, 0.1) is 0 Å². The Balaban J connectivity index is 0.000000197. The van der Waals surface area contributed by atoms with Crippen LogP contribution in [-0.4, -0.2) is 38.1 Å². The maximum atomic E-state index is 7.45. The second-order valence-electron chi connectivity index (χ2n) is 10.7. The third kappa shape index (κ3) is 13.7. The number of rotatable bonds is 12. The van der Waals surface area contributed by atoms with Gasteiger partial charge in [-0.1, -0.05) is 182 Å². The smallest absolute Gasteiger partial charge is 0.677 e. The molecule has 0 aromatic heterocycles. The summed E-state index contributed by atoms with van der Waals surface area (Å²) >= 11 is 0. The molecule has 3 nitrogen and oxygen atoms in total. The molecule has 0 fully saturated rings. The molecule has 0 atom stereocenters. The molecule has 7 heteroatoms. The van der Waals surface area contributed by atoms with Crippen LogP contribution in [0.25, 0.3) is 17.2 Å². The standard InChI is InChI=1S/3C14H15NP.Ru/c3*15-11-12-16(13-7-3-1-4-8-13)14-9-5-2-6-10-14;/h3*1-10,15H,11-12H2;/q3*-1;+3. The Morgan fingerprint density at radius 1 is 0.265 bits per heavy atom. The minimum atomic E-state index is -0.338. The van der Waals surface area contributed by atoms with Gasteiger partial charge in [0.2, 0.25) is 0 Å². The van der Waals surface area contributed by atoms with E-state index in [4.69, 9.17) is 17.2 Å². The van der Waals surface area contributed by atoms with Crippen molar-refractivity contribution in [1.29, 1.82) is 0 Å². The molecule has 0 amide bonds. The Bertz CT molecular complexity index is 1330. The molecule has 0 aliphatic heterocycles. The molecule has 0 aliphatic rings. The van der Waals surface area contributed by atoms with Crippen molar-refractivity contribution in [3.05, 3.63) is 199 Å². The molecular weight excluding hydrogens is 740 g/mol. The summed E-state index contributed by atoms with van der Waals surface area (Å²) < 4.78 is 0. The molecule has 1 radical (unpaired) electrons. The predicted molar refractivity (Wildman–Crippen MR) is 219 cm³/mol. The zero-order chi connectivity index (χ0) is 33.7. The molecule has 0 heterocycles. The van der Waals surface area contributed by atoms with Gasteiger partial charge in [0.1, 0.15) is 0 Å². The Kier molecular flexibility index (Phi) is 20.1. The van der Waals surface area contributed by atoms with E-state index in [1.807, 2.05) is 36.4 Å². The largest absolute Gasteiger partial charge is 3.00 e. The first-order valence-electron chi connectivity index (χ1n) is 16.3. The maximum absolute atomic E-state index is 7.45. The predicted octanol–water partition coefficient (Wildman–Crippen LogP) is 9.51. The van der Waals surface area contributed by atoms with Crippen LogP contribution in [0.2, 0.25) is 0 Å². The first-order chi connectivity index (χ1) is 23.7. The quantitative estimate of drug-likeness (QED) is 0.0877. The average molecular weight is 786 g/mol. The Hall–Kier alpha value is -2.89. The molecule has 49 heavy (non-hydrogen) atoms. The minimum absolute atomic E-state index is 0. The minimum Gasteiger partial charge on any atom is -0.677 e. The fourth-order valence-corrected chi connectivity index (χ4v) is 11.5. The molecule has 0 saturated carbocycles. The van der Waals surface area contributed by atoms with Gasteiger partial charge in [0.15, 0.2) is 0 Å². The van der Waals surface area contributed by atoms with Gasteiger partial charge in [-0.2, -0.15) is 0 Å². The number of nitrogens with one attached hydrogen (secondary N) is 3. The molecule has 3 N–H and O–H groups in total. The van der Waals surface area contributed by atoms with Crippen LogP contribution in [0.3, 0.4) is 0 Å². The second-order valence-corrected chi connectivity index (χ2v) is 17.7. The molecular formula is C42H45N3P3Ru. The summed E-state index contributed by atoms with van der Waals surface area (Å²) in [4.78, 5) is 0. The van der Waals surface area contributed by atoms with E-state index in [0.29, 0.717) is 19.6 Å². The summed E-state index contributed by atoms with van der Waals surface area (Å²) in [5.74, 6) is 0. The Morgan fingerprint density at radius 3 is 0.531 bits per heavy atom. The Morgan fingerprint density at radius 2 is 0.408 bits per heavy atom. The van der Waals surface area contributed by atoms with E-state index in [1.54, 1.807) is 0 Å². The normalized spacial score (nSPS) is 10.4. The van der Waals surface area contributed by atoms with Gasteiger partial charge in [0, 0.05) is 0 Å². The molecule has 6 rings (SSSR count). The summed E-state index contributed by atoms with van der Waals surface area (Å²) in [5.41, 5.74) is 22.3. The summed E-state index contributed by atoms with van der Waals surface area (Å²) in [6.45, 7) is 1.49. The fourth-order valence-electron chi connectivity index (χ4n) is 5.20. The first-order valence-corrected chi connectivity index (χ1v) is 20.9. The van der Waals surface area contributed by atoms with Crippen molar-refractivity contribution < 1.29 is 19.5 Å². The van der Waals surface area contributed by atoms with Crippen molar-refractivity contribution in [1.82, 2.24) is 0 Å². The van der Waals surface area contributed by atoms with E-state index in [-0.39, 0.29) is 43.2 Å². The summed E-state index contributed by atoms with van der Waals surface area (Å²) in [6.07, 6.45) is 2.84. The number of benzene rings is 6. The van der Waals surface area contributed by atoms with Crippen LogP contribution in [0.4, 0.5) is 0 Å². The van der Waals surface area contributed by atoms with E-state index < -0.39 is 0 Å². The molecule has 0 spiro atoms. The van der Waals surface area contributed by atoms with Gasteiger partial charge in [0.25, 0.3) is 0 Å². The van der Waals surface area contributed by atoms with Gasteiger partial charge < -0.3 is 17.2 Å². The molecule has 0 aliphatic carbocycles. The average Bonchev–Trinajstić information content (AvgIpc) is 3.17. The monoisotopic (exact) mass is 786 g/mol. The number of hydrogen-bond donors (Lipinski definition) is 0. The van der Waals surface area contributed by atoms with Gasteiger partial charge in [-0.15, -0.1) is 19.6 Å². The fraction of sp³-hybridized carbons (Fsp3) is 0.143. The summed E-state index contributed by atoms with van der Waals surface area (Å²) in [7, 11) is -1.02. The second kappa shape index (κ2) is 24.3. The third-order valence-electron chi connectivity index (χ3n) is 7.41. The van der Waals surface area contributed by atoms with Gasteiger partial charge in [-0.3, -0.25) is 0 Å². The van der Waals surface area contributed by atoms with Crippen molar-refractivity contribution >= 4 is 55.6 Å². The van der Waals surface area contributed by atoms with Crippen molar-refractivity contribution in [3.8, 4) is 0 Å². The molecule has 0 bridgehead atoms. The van der Waals surface area contributed by atoms with Gasteiger partial charge in [-0.05, 0) is 74.1 Å². The molecule has 251 valence electrons. The van der Waals surface area contributed by atoms with E-state index in [9.17, 15) is 0 Å². The van der Waals surface area contributed by atoms with E-state index in [1.165, 1.54) is 31.8 Å². The zero-order valence-electron chi connectivity index (χ0n) is 27.8. The summed E-state index contributed by atoms with van der Waals surface area (Å²) in [6, 6.07) is 63.3. The first kappa shape index (κ1) is 40.5. The van der Waals surface area contributed by atoms with Crippen molar-refractivity contribution in [2.75, 3.05) is 38.1 Å².